The second-order valence-electron chi connectivity index (χ2n) is 6.09. The van der Waals surface area contributed by atoms with E-state index in [1.807, 2.05) is 36.4 Å². The Morgan fingerprint density at radius 3 is 2.76 bits per heavy atom. The molecule has 0 aliphatic heterocycles. The Hall–Kier alpha value is -2.80. The Morgan fingerprint density at radius 1 is 1.12 bits per heavy atom. The summed E-state index contributed by atoms with van der Waals surface area (Å²) in [4.78, 5) is 4.67. The van der Waals surface area contributed by atoms with Gasteiger partial charge in [-0.15, -0.1) is 16.4 Å². The molecule has 2 heterocycles. The normalized spacial score (nSPS) is 11.3. The van der Waals surface area contributed by atoms with Gasteiger partial charge in [0.15, 0.2) is 5.82 Å². The summed E-state index contributed by atoms with van der Waals surface area (Å²) in [5, 5.41) is 16.6. The van der Waals surface area contributed by atoms with Crippen molar-refractivity contribution in [2.24, 2.45) is 0 Å². The SMILES string of the molecule is CC(C)c1nc2ccc(NCc3nnnn3-c3ccccc3)cc2s1. The molecule has 0 spiro atoms. The van der Waals surface area contributed by atoms with Crippen LogP contribution in [0.2, 0.25) is 0 Å². The highest BCUT2D eigenvalue weighted by atomic mass is 32.1. The van der Waals surface area contributed by atoms with E-state index in [1.54, 1.807) is 16.0 Å². The fourth-order valence-electron chi connectivity index (χ4n) is 2.57. The first kappa shape index (κ1) is 15.7. The van der Waals surface area contributed by atoms with Crippen LogP contribution in [0, 0.1) is 0 Å². The number of hydrogen-bond donors (Lipinski definition) is 1. The summed E-state index contributed by atoms with van der Waals surface area (Å²) >= 11 is 1.75. The maximum atomic E-state index is 4.67. The lowest BCUT2D eigenvalue weighted by Crippen LogP contribution is -2.08. The molecule has 2 aromatic heterocycles. The third-order valence-electron chi connectivity index (χ3n) is 3.88. The first-order chi connectivity index (χ1) is 12.2. The number of nitrogens with one attached hydrogen (secondary N) is 1. The molecule has 25 heavy (non-hydrogen) atoms. The van der Waals surface area contributed by atoms with Crippen LogP contribution in [0.15, 0.2) is 48.5 Å². The van der Waals surface area contributed by atoms with E-state index in [2.05, 4.69) is 51.8 Å². The number of benzene rings is 2. The molecule has 0 saturated heterocycles. The molecular weight excluding hydrogens is 332 g/mol. The molecule has 6 nitrogen and oxygen atoms in total. The smallest absolute Gasteiger partial charge is 0.175 e. The molecule has 0 bridgehead atoms. The van der Waals surface area contributed by atoms with Crippen molar-refractivity contribution in [2.45, 2.75) is 26.3 Å². The quantitative estimate of drug-likeness (QED) is 0.589. The molecule has 126 valence electrons. The number of tetrazole rings is 1. The Balaban J connectivity index is 1.54. The first-order valence-electron chi connectivity index (χ1n) is 8.18. The van der Waals surface area contributed by atoms with Crippen LogP contribution in [0.3, 0.4) is 0 Å². The zero-order valence-electron chi connectivity index (χ0n) is 14.0. The van der Waals surface area contributed by atoms with Gasteiger partial charge in [0.1, 0.15) is 0 Å². The van der Waals surface area contributed by atoms with Crippen molar-refractivity contribution >= 4 is 27.2 Å². The summed E-state index contributed by atoms with van der Waals surface area (Å²) in [6.45, 7) is 4.88. The van der Waals surface area contributed by atoms with Crippen molar-refractivity contribution in [3.63, 3.8) is 0 Å². The second kappa shape index (κ2) is 6.60. The Labute approximate surface area is 149 Å². The molecule has 0 aliphatic rings. The number of rotatable bonds is 5. The van der Waals surface area contributed by atoms with Crippen LogP contribution >= 0.6 is 11.3 Å². The third kappa shape index (κ3) is 3.23. The standard InChI is InChI=1S/C18H18N6S/c1-12(2)18-20-15-9-8-13(10-16(15)25-18)19-11-17-21-22-23-24(17)14-6-4-3-5-7-14/h3-10,12,19H,11H2,1-2H3. The van der Waals surface area contributed by atoms with E-state index in [9.17, 15) is 0 Å². The number of hydrogen-bond acceptors (Lipinski definition) is 6. The number of para-hydroxylation sites is 1. The van der Waals surface area contributed by atoms with Gasteiger partial charge in [-0.25, -0.2) is 4.98 Å². The molecule has 4 rings (SSSR count). The number of aromatic nitrogens is 5. The average Bonchev–Trinajstić information content (AvgIpc) is 3.27. The van der Waals surface area contributed by atoms with Crippen LogP contribution in [0.5, 0.6) is 0 Å². The Morgan fingerprint density at radius 2 is 1.96 bits per heavy atom. The molecule has 0 unspecified atom stereocenters. The van der Waals surface area contributed by atoms with Crippen molar-refractivity contribution in [3.05, 3.63) is 59.4 Å². The minimum Gasteiger partial charge on any atom is -0.378 e. The fourth-order valence-corrected chi connectivity index (χ4v) is 3.58. The van der Waals surface area contributed by atoms with Crippen LogP contribution in [0.25, 0.3) is 15.9 Å². The van der Waals surface area contributed by atoms with Gasteiger partial charge in [0.2, 0.25) is 0 Å². The summed E-state index contributed by atoms with van der Waals surface area (Å²) in [7, 11) is 0. The molecule has 0 aliphatic carbocycles. The highest BCUT2D eigenvalue weighted by molar-refractivity contribution is 7.18. The second-order valence-corrected chi connectivity index (χ2v) is 7.15. The number of fused-ring (bicyclic) bond motifs is 1. The number of thiazole rings is 1. The van der Waals surface area contributed by atoms with Crippen LogP contribution in [-0.2, 0) is 6.54 Å². The van der Waals surface area contributed by atoms with Gasteiger partial charge in [0, 0.05) is 11.6 Å². The van der Waals surface area contributed by atoms with E-state index in [-0.39, 0.29) is 0 Å². The summed E-state index contributed by atoms with van der Waals surface area (Å²) in [5.41, 5.74) is 3.03. The van der Waals surface area contributed by atoms with Crippen molar-refractivity contribution in [1.82, 2.24) is 25.2 Å². The van der Waals surface area contributed by atoms with Gasteiger partial charge in [-0.05, 0) is 40.8 Å². The third-order valence-corrected chi connectivity index (χ3v) is 5.20. The molecule has 0 saturated carbocycles. The Kier molecular flexibility index (Phi) is 4.15. The maximum absolute atomic E-state index is 4.67. The van der Waals surface area contributed by atoms with Gasteiger partial charge >= 0.3 is 0 Å². The molecule has 0 fully saturated rings. The molecule has 7 heteroatoms. The van der Waals surface area contributed by atoms with Crippen LogP contribution < -0.4 is 5.32 Å². The lowest BCUT2D eigenvalue weighted by Gasteiger charge is -2.07. The number of anilines is 1. The van der Waals surface area contributed by atoms with E-state index >= 15 is 0 Å². The predicted molar refractivity (Wildman–Crippen MR) is 100 cm³/mol. The molecule has 1 N–H and O–H groups in total. The molecular formula is C18H18N6S. The summed E-state index contributed by atoms with van der Waals surface area (Å²) in [6, 6.07) is 16.1. The number of nitrogens with zero attached hydrogens (tertiary/aromatic N) is 5. The summed E-state index contributed by atoms with van der Waals surface area (Å²) in [5.74, 6) is 1.21. The van der Waals surface area contributed by atoms with Crippen molar-refractivity contribution in [3.8, 4) is 5.69 Å². The van der Waals surface area contributed by atoms with Gasteiger partial charge < -0.3 is 5.32 Å². The van der Waals surface area contributed by atoms with E-state index in [0.717, 1.165) is 22.7 Å². The van der Waals surface area contributed by atoms with Gasteiger partial charge in [-0.3, -0.25) is 0 Å². The summed E-state index contributed by atoms with van der Waals surface area (Å²) < 4.78 is 2.94. The topological polar surface area (TPSA) is 68.5 Å². The van der Waals surface area contributed by atoms with E-state index in [0.29, 0.717) is 12.5 Å². The van der Waals surface area contributed by atoms with Crippen LogP contribution in [0.4, 0.5) is 5.69 Å². The molecule has 0 amide bonds. The van der Waals surface area contributed by atoms with Crippen molar-refractivity contribution in [2.75, 3.05) is 5.32 Å². The Bertz CT molecular complexity index is 989. The van der Waals surface area contributed by atoms with E-state index < -0.39 is 0 Å². The van der Waals surface area contributed by atoms with Gasteiger partial charge in [-0.2, -0.15) is 4.68 Å². The zero-order chi connectivity index (χ0) is 17.2. The minimum atomic E-state index is 0.448. The molecule has 0 atom stereocenters. The monoisotopic (exact) mass is 350 g/mol. The van der Waals surface area contributed by atoms with Crippen molar-refractivity contribution < 1.29 is 0 Å². The molecule has 4 aromatic rings. The maximum Gasteiger partial charge on any atom is 0.175 e. The van der Waals surface area contributed by atoms with Gasteiger partial charge in [0.05, 0.1) is 27.5 Å². The highest BCUT2D eigenvalue weighted by Crippen LogP contribution is 2.29. The van der Waals surface area contributed by atoms with Gasteiger partial charge in [0.25, 0.3) is 0 Å². The largest absolute Gasteiger partial charge is 0.378 e. The summed E-state index contributed by atoms with van der Waals surface area (Å²) in [6.07, 6.45) is 0. The average molecular weight is 350 g/mol. The lowest BCUT2D eigenvalue weighted by atomic mass is 10.2. The highest BCUT2D eigenvalue weighted by Gasteiger charge is 2.10. The minimum absolute atomic E-state index is 0.448. The van der Waals surface area contributed by atoms with Gasteiger partial charge in [-0.1, -0.05) is 32.0 Å². The van der Waals surface area contributed by atoms with Crippen LogP contribution in [0.1, 0.15) is 30.6 Å². The van der Waals surface area contributed by atoms with Crippen LogP contribution in [-0.4, -0.2) is 25.2 Å². The molecule has 2 aromatic carbocycles. The molecule has 0 radical (unpaired) electrons. The van der Waals surface area contributed by atoms with Crippen molar-refractivity contribution in [1.29, 1.82) is 0 Å². The predicted octanol–water partition coefficient (Wildman–Crippen LogP) is 4.01. The van der Waals surface area contributed by atoms with E-state index in [1.165, 1.54) is 9.71 Å². The first-order valence-corrected chi connectivity index (χ1v) is 8.99. The zero-order valence-corrected chi connectivity index (χ0v) is 14.9. The van der Waals surface area contributed by atoms with E-state index in [4.69, 9.17) is 0 Å². The lowest BCUT2D eigenvalue weighted by molar-refractivity contribution is 0.768. The fraction of sp³-hybridized carbons (Fsp3) is 0.222.